The number of nitrogens with zero attached hydrogens (tertiary/aromatic N) is 2. The molecule has 5 aliphatic carbocycles. The second-order valence-electron chi connectivity index (χ2n) is 12.4. The molecule has 0 aromatic heterocycles. The molecule has 11 heteroatoms. The summed E-state index contributed by atoms with van der Waals surface area (Å²) < 4.78 is 0. The number of carbonyl (C=O) groups is 3. The van der Waals surface area contributed by atoms with Crippen LogP contribution in [0, 0.1) is 17.8 Å². The van der Waals surface area contributed by atoms with Gasteiger partial charge in [0, 0.05) is 28.6 Å². The normalized spacial score (nSPS) is 30.9. The molecule has 4 atom stereocenters. The number of amides is 1. The number of rotatable bonds is 6. The Morgan fingerprint density at radius 2 is 1.80 bits per heavy atom. The molecule has 2 saturated carbocycles. The Morgan fingerprint density at radius 3 is 2.35 bits per heavy atom. The van der Waals surface area contributed by atoms with Crippen molar-refractivity contribution >= 4 is 29.1 Å². The van der Waals surface area contributed by atoms with Gasteiger partial charge in [-0.15, -0.1) is 0 Å². The molecule has 5 aliphatic rings. The molecular weight excluding hydrogens is 538 g/mol. The third-order valence-electron chi connectivity index (χ3n) is 10.00. The highest BCUT2D eigenvalue weighted by Crippen LogP contribution is 2.58. The van der Waals surface area contributed by atoms with E-state index in [-0.39, 0.29) is 35.3 Å². The maximum absolute atomic E-state index is 13.8. The molecule has 0 bridgehead atoms. The lowest BCUT2D eigenvalue weighted by Gasteiger charge is -2.50. The summed E-state index contributed by atoms with van der Waals surface area (Å²) in [5.41, 5.74) is 2.96. The SMILES string of the molecule is CN(C)[C@@H]1C(O)=C(C(N)=O)C(=O)[C@@]2(O)C(O)=C3C(=O)c4c(O)cc(CN(C)C5(C6CC6)CC5)c(Cl)c4C[C@H]3C[C@@H]12. The molecule has 0 spiro atoms. The summed E-state index contributed by atoms with van der Waals surface area (Å²) in [5.74, 6) is -6.05. The van der Waals surface area contributed by atoms with Crippen molar-refractivity contribution in [1.29, 1.82) is 0 Å². The quantitative estimate of drug-likeness (QED) is 0.322. The van der Waals surface area contributed by atoms with Gasteiger partial charge in [-0.1, -0.05) is 11.6 Å². The number of allylic oxidation sites excluding steroid dienone is 1. The molecule has 10 nitrogen and oxygen atoms in total. The summed E-state index contributed by atoms with van der Waals surface area (Å²) >= 11 is 6.91. The zero-order valence-corrected chi connectivity index (χ0v) is 23.5. The number of phenols is 1. The standard InChI is InChI=1S/C29H34ClN3O7/c1-32(2)22-16-9-12-8-15-19(17(34)10-13(21(15)30)11-33(3)28(6-7-28)14-4-5-14)23(35)18(12)25(37)29(16,40)26(38)20(24(22)36)27(31)39/h10,12,14,16,22,34,36-37,40H,4-9,11H2,1-3H3,(H2,31,39)/t12-,16-,22-,29-/m0/s1. The predicted molar refractivity (Wildman–Crippen MR) is 145 cm³/mol. The van der Waals surface area contributed by atoms with Gasteiger partial charge in [0.05, 0.1) is 11.6 Å². The summed E-state index contributed by atoms with van der Waals surface area (Å²) in [6.07, 6.45) is 4.90. The van der Waals surface area contributed by atoms with Gasteiger partial charge in [0.2, 0.25) is 5.78 Å². The van der Waals surface area contributed by atoms with Gasteiger partial charge >= 0.3 is 0 Å². The molecule has 214 valence electrons. The number of aromatic hydroxyl groups is 1. The minimum absolute atomic E-state index is 0.0256. The van der Waals surface area contributed by atoms with Crippen LogP contribution < -0.4 is 5.73 Å². The second-order valence-corrected chi connectivity index (χ2v) is 12.8. The number of fused-ring (bicyclic) bond motifs is 3. The molecular formula is C29H34ClN3O7. The molecule has 1 amide bonds. The van der Waals surface area contributed by atoms with Crippen LogP contribution in [0.2, 0.25) is 5.02 Å². The van der Waals surface area contributed by atoms with Gasteiger partial charge in [-0.2, -0.15) is 0 Å². The summed E-state index contributed by atoms with van der Waals surface area (Å²) in [4.78, 5) is 43.1. The largest absolute Gasteiger partial charge is 0.510 e. The molecule has 1 aromatic carbocycles. The highest BCUT2D eigenvalue weighted by Gasteiger charge is 2.63. The van der Waals surface area contributed by atoms with Crippen LogP contribution in [0.3, 0.4) is 0 Å². The Morgan fingerprint density at radius 1 is 1.15 bits per heavy atom. The Balaban J connectivity index is 1.43. The zero-order valence-electron chi connectivity index (χ0n) is 22.7. The number of halogens is 1. The molecule has 0 saturated heterocycles. The number of nitrogens with two attached hydrogens (primary N) is 1. The highest BCUT2D eigenvalue weighted by molar-refractivity contribution is 6.33. The van der Waals surface area contributed by atoms with Crippen molar-refractivity contribution in [3.05, 3.63) is 50.4 Å². The van der Waals surface area contributed by atoms with Crippen molar-refractivity contribution in [2.75, 3.05) is 21.1 Å². The van der Waals surface area contributed by atoms with Gasteiger partial charge in [0.15, 0.2) is 11.4 Å². The number of primary amides is 1. The zero-order chi connectivity index (χ0) is 29.0. The lowest BCUT2D eigenvalue weighted by Crippen LogP contribution is -2.63. The number of likely N-dealkylation sites (N-methyl/N-ethyl adjacent to an activating group) is 1. The third kappa shape index (κ3) is 3.55. The van der Waals surface area contributed by atoms with Crippen LogP contribution in [0.25, 0.3) is 0 Å². The van der Waals surface area contributed by atoms with Crippen molar-refractivity contribution in [2.45, 2.75) is 62.3 Å². The first-order valence-electron chi connectivity index (χ1n) is 13.6. The minimum Gasteiger partial charge on any atom is -0.510 e. The van der Waals surface area contributed by atoms with Crippen molar-refractivity contribution in [2.24, 2.45) is 23.5 Å². The monoisotopic (exact) mass is 571 g/mol. The van der Waals surface area contributed by atoms with Gasteiger partial charge in [-0.25, -0.2) is 0 Å². The lowest BCUT2D eigenvalue weighted by molar-refractivity contribution is -0.148. The van der Waals surface area contributed by atoms with E-state index in [2.05, 4.69) is 11.9 Å². The fraction of sp³-hybridized carbons (Fsp3) is 0.552. The van der Waals surface area contributed by atoms with Crippen LogP contribution in [-0.4, -0.2) is 86.0 Å². The summed E-state index contributed by atoms with van der Waals surface area (Å²) in [5, 5.41) is 45.4. The number of carbonyl (C=O) groups excluding carboxylic acids is 3. The first-order valence-corrected chi connectivity index (χ1v) is 14.0. The molecule has 2 fully saturated rings. The Labute approximate surface area is 236 Å². The number of aliphatic hydroxyl groups excluding tert-OH is 2. The highest BCUT2D eigenvalue weighted by atomic mass is 35.5. The van der Waals surface area contributed by atoms with Crippen molar-refractivity contribution in [1.82, 2.24) is 9.80 Å². The van der Waals surface area contributed by atoms with Gasteiger partial charge < -0.3 is 26.2 Å². The Hall–Kier alpha value is -2.92. The van der Waals surface area contributed by atoms with Crippen LogP contribution in [0.15, 0.2) is 28.7 Å². The van der Waals surface area contributed by atoms with Crippen molar-refractivity contribution < 1.29 is 34.8 Å². The molecule has 6 rings (SSSR count). The maximum Gasteiger partial charge on any atom is 0.255 e. The molecule has 0 radical (unpaired) electrons. The molecule has 0 aliphatic heterocycles. The van der Waals surface area contributed by atoms with Crippen molar-refractivity contribution in [3.8, 4) is 5.75 Å². The van der Waals surface area contributed by atoms with Crippen LogP contribution >= 0.6 is 11.6 Å². The lowest BCUT2D eigenvalue weighted by atomic mass is 9.58. The molecule has 6 N–H and O–H groups in total. The second kappa shape index (κ2) is 8.79. The van der Waals surface area contributed by atoms with Crippen LogP contribution in [0.5, 0.6) is 5.75 Å². The van der Waals surface area contributed by atoms with E-state index in [0.29, 0.717) is 28.6 Å². The van der Waals surface area contributed by atoms with E-state index in [4.69, 9.17) is 17.3 Å². The Kier molecular flexibility index (Phi) is 5.99. The number of ketones is 2. The number of benzene rings is 1. The molecule has 0 heterocycles. The molecule has 40 heavy (non-hydrogen) atoms. The van der Waals surface area contributed by atoms with Crippen molar-refractivity contribution in [3.63, 3.8) is 0 Å². The average molecular weight is 572 g/mol. The van der Waals surface area contributed by atoms with Gasteiger partial charge in [-0.3, -0.25) is 24.2 Å². The average Bonchev–Trinajstić information content (AvgIpc) is 3.77. The first kappa shape index (κ1) is 27.3. The number of aliphatic hydroxyl groups is 3. The number of phenolic OH excluding ortho intramolecular Hbond substituents is 1. The van der Waals surface area contributed by atoms with Gasteiger partial charge in [0.1, 0.15) is 22.8 Å². The van der Waals surface area contributed by atoms with Gasteiger partial charge in [-0.05, 0) is 88.7 Å². The summed E-state index contributed by atoms with van der Waals surface area (Å²) in [6, 6.07) is 0.447. The fourth-order valence-electron chi connectivity index (χ4n) is 7.73. The van der Waals surface area contributed by atoms with E-state index < -0.39 is 58.0 Å². The third-order valence-corrected chi connectivity index (χ3v) is 10.5. The molecule has 0 unspecified atom stereocenters. The van der Waals surface area contributed by atoms with Crippen LogP contribution in [0.4, 0.5) is 0 Å². The minimum atomic E-state index is -2.66. The number of hydrogen-bond acceptors (Lipinski definition) is 9. The number of Topliss-reactive ketones (excluding diaryl/α,β-unsaturated/α-hetero) is 2. The van der Waals surface area contributed by atoms with E-state index >= 15 is 0 Å². The maximum atomic E-state index is 13.8. The number of hydrogen-bond donors (Lipinski definition) is 5. The smallest absolute Gasteiger partial charge is 0.255 e. The first-order chi connectivity index (χ1) is 18.8. The van der Waals surface area contributed by atoms with E-state index in [1.807, 2.05) is 0 Å². The van der Waals surface area contributed by atoms with Gasteiger partial charge in [0.25, 0.3) is 5.91 Å². The van der Waals surface area contributed by atoms with E-state index in [0.717, 1.165) is 12.8 Å². The topological polar surface area (TPSA) is 165 Å². The fourth-order valence-corrected chi connectivity index (χ4v) is 8.02. The molecule has 1 aromatic rings. The van der Waals surface area contributed by atoms with Crippen LogP contribution in [-0.2, 0) is 22.6 Å². The van der Waals surface area contributed by atoms with Crippen LogP contribution in [0.1, 0.15) is 53.6 Å². The predicted octanol–water partition coefficient (Wildman–Crippen LogP) is 2.15. The Bertz CT molecular complexity index is 1440. The van der Waals surface area contributed by atoms with E-state index in [1.54, 1.807) is 14.1 Å². The van der Waals surface area contributed by atoms with E-state index in [1.165, 1.54) is 23.8 Å². The summed E-state index contributed by atoms with van der Waals surface area (Å²) in [6.45, 7) is 0.511. The van der Waals surface area contributed by atoms with E-state index in [9.17, 15) is 34.8 Å². The summed E-state index contributed by atoms with van der Waals surface area (Å²) in [7, 11) is 5.25.